The number of aryl methyl sites for hydroxylation is 1. The second-order valence-electron chi connectivity index (χ2n) is 7.30. The van der Waals surface area contributed by atoms with E-state index in [1.54, 1.807) is 12.1 Å². The number of methoxy groups -OCH3 is 1. The maximum Gasteiger partial charge on any atom is 0.340 e. The molecule has 4 rings (SSSR count). The monoisotopic (exact) mass is 420 g/mol. The Labute approximate surface area is 179 Å². The van der Waals surface area contributed by atoms with E-state index >= 15 is 0 Å². The number of benzene rings is 2. The number of anilines is 1. The van der Waals surface area contributed by atoms with Gasteiger partial charge in [0.05, 0.1) is 18.4 Å². The van der Waals surface area contributed by atoms with Crippen LogP contribution in [0.2, 0.25) is 0 Å². The number of para-hydroxylation sites is 1. The molecule has 0 saturated carbocycles. The van der Waals surface area contributed by atoms with E-state index in [2.05, 4.69) is 5.32 Å². The van der Waals surface area contributed by atoms with Crippen molar-refractivity contribution in [2.75, 3.05) is 19.0 Å². The number of carbonyl (C=O) groups excluding carboxylic acids is 2. The molecule has 31 heavy (non-hydrogen) atoms. The van der Waals surface area contributed by atoms with Gasteiger partial charge in [-0.1, -0.05) is 18.2 Å². The molecular formula is C24H24N2O5. The van der Waals surface area contributed by atoms with Crippen molar-refractivity contribution in [2.24, 2.45) is 0 Å². The number of aromatic nitrogens is 1. The average molecular weight is 420 g/mol. The summed E-state index contributed by atoms with van der Waals surface area (Å²) in [5, 5.41) is 4.60. The van der Waals surface area contributed by atoms with Crippen molar-refractivity contribution in [1.29, 1.82) is 0 Å². The molecule has 160 valence electrons. The summed E-state index contributed by atoms with van der Waals surface area (Å²) in [5.41, 5.74) is 4.08. The SMILES string of the molecule is CCn1c(C)cc(C(=O)OCC(=O)Nc2cc3oc4ccccc4c3cc2OC)c1C. The molecule has 4 aromatic rings. The maximum atomic E-state index is 12.5. The van der Waals surface area contributed by atoms with Gasteiger partial charge in [0, 0.05) is 34.8 Å². The number of fused-ring (bicyclic) bond motifs is 3. The summed E-state index contributed by atoms with van der Waals surface area (Å²) in [6, 6.07) is 13.0. The molecule has 1 N–H and O–H groups in total. The summed E-state index contributed by atoms with van der Waals surface area (Å²) in [5.74, 6) is -0.501. The summed E-state index contributed by atoms with van der Waals surface area (Å²) >= 11 is 0. The zero-order chi connectivity index (χ0) is 22.1. The minimum Gasteiger partial charge on any atom is -0.495 e. The number of amides is 1. The molecule has 7 heteroatoms. The fourth-order valence-corrected chi connectivity index (χ4v) is 3.91. The Morgan fingerprint density at radius 2 is 1.84 bits per heavy atom. The second-order valence-corrected chi connectivity index (χ2v) is 7.30. The van der Waals surface area contributed by atoms with Crippen LogP contribution in [-0.4, -0.2) is 30.2 Å². The maximum absolute atomic E-state index is 12.5. The molecule has 0 aliphatic rings. The van der Waals surface area contributed by atoms with Gasteiger partial charge in [-0.3, -0.25) is 4.79 Å². The molecule has 1 amide bonds. The smallest absolute Gasteiger partial charge is 0.340 e. The molecule has 0 atom stereocenters. The zero-order valence-corrected chi connectivity index (χ0v) is 17.9. The van der Waals surface area contributed by atoms with Crippen molar-refractivity contribution in [1.82, 2.24) is 4.57 Å². The molecule has 0 spiro atoms. The van der Waals surface area contributed by atoms with Gasteiger partial charge in [0.1, 0.15) is 16.9 Å². The molecule has 0 bridgehead atoms. The lowest BCUT2D eigenvalue weighted by atomic mass is 10.1. The van der Waals surface area contributed by atoms with Crippen LogP contribution in [0.3, 0.4) is 0 Å². The largest absolute Gasteiger partial charge is 0.495 e. The average Bonchev–Trinajstić information content (AvgIpc) is 3.27. The van der Waals surface area contributed by atoms with Crippen LogP contribution in [0.5, 0.6) is 5.75 Å². The lowest BCUT2D eigenvalue weighted by molar-refractivity contribution is -0.119. The molecule has 7 nitrogen and oxygen atoms in total. The Morgan fingerprint density at radius 3 is 2.55 bits per heavy atom. The molecule has 2 heterocycles. The number of nitrogens with zero attached hydrogens (tertiary/aromatic N) is 1. The third kappa shape index (κ3) is 3.74. The van der Waals surface area contributed by atoms with E-state index in [-0.39, 0.29) is 0 Å². The first-order chi connectivity index (χ1) is 14.9. The number of hydrogen-bond acceptors (Lipinski definition) is 5. The van der Waals surface area contributed by atoms with Crippen molar-refractivity contribution in [3.8, 4) is 5.75 Å². The number of ether oxygens (including phenoxy) is 2. The topological polar surface area (TPSA) is 82.7 Å². The Morgan fingerprint density at radius 1 is 1.06 bits per heavy atom. The first kappa shape index (κ1) is 20.5. The van der Waals surface area contributed by atoms with Crippen molar-refractivity contribution in [3.05, 3.63) is 59.4 Å². The quantitative estimate of drug-likeness (QED) is 0.452. The second kappa shape index (κ2) is 8.18. The van der Waals surface area contributed by atoms with Crippen molar-refractivity contribution in [2.45, 2.75) is 27.3 Å². The van der Waals surface area contributed by atoms with Crippen molar-refractivity contribution >= 4 is 39.5 Å². The number of furan rings is 1. The van der Waals surface area contributed by atoms with Gasteiger partial charge in [-0.25, -0.2) is 4.79 Å². The molecule has 0 radical (unpaired) electrons. The van der Waals surface area contributed by atoms with E-state index < -0.39 is 18.5 Å². The van der Waals surface area contributed by atoms with Gasteiger partial charge in [-0.05, 0) is 39.0 Å². The van der Waals surface area contributed by atoms with Crippen LogP contribution in [0.15, 0.2) is 46.9 Å². The van der Waals surface area contributed by atoms with E-state index in [9.17, 15) is 9.59 Å². The highest BCUT2D eigenvalue weighted by atomic mass is 16.5. The van der Waals surface area contributed by atoms with E-state index in [1.165, 1.54) is 7.11 Å². The van der Waals surface area contributed by atoms with Gasteiger partial charge in [0.25, 0.3) is 5.91 Å². The first-order valence-electron chi connectivity index (χ1n) is 10.1. The van der Waals surface area contributed by atoms with Gasteiger partial charge in [-0.15, -0.1) is 0 Å². The van der Waals surface area contributed by atoms with E-state index in [4.69, 9.17) is 13.9 Å². The van der Waals surface area contributed by atoms with Crippen LogP contribution < -0.4 is 10.1 Å². The predicted molar refractivity (Wildman–Crippen MR) is 119 cm³/mol. The number of rotatable bonds is 6. The molecule has 2 aromatic carbocycles. The van der Waals surface area contributed by atoms with Crippen LogP contribution >= 0.6 is 0 Å². The van der Waals surface area contributed by atoms with Crippen LogP contribution in [-0.2, 0) is 16.1 Å². The van der Waals surface area contributed by atoms with Gasteiger partial charge in [0.15, 0.2) is 6.61 Å². The molecule has 0 saturated heterocycles. The summed E-state index contributed by atoms with van der Waals surface area (Å²) in [7, 11) is 1.53. The molecule has 0 aliphatic carbocycles. The summed E-state index contributed by atoms with van der Waals surface area (Å²) in [6.07, 6.45) is 0. The van der Waals surface area contributed by atoms with Crippen molar-refractivity contribution < 1.29 is 23.5 Å². The summed E-state index contributed by atoms with van der Waals surface area (Å²) in [6.45, 7) is 6.15. The van der Waals surface area contributed by atoms with Gasteiger partial charge < -0.3 is 23.8 Å². The van der Waals surface area contributed by atoms with E-state index in [1.807, 2.05) is 55.7 Å². The van der Waals surface area contributed by atoms with Crippen LogP contribution in [0.4, 0.5) is 5.69 Å². The Kier molecular flexibility index (Phi) is 5.42. The van der Waals surface area contributed by atoms with Gasteiger partial charge in [-0.2, -0.15) is 0 Å². The normalized spacial score (nSPS) is 11.1. The van der Waals surface area contributed by atoms with Gasteiger partial charge >= 0.3 is 5.97 Å². The molecular weight excluding hydrogens is 396 g/mol. The van der Waals surface area contributed by atoms with Crippen LogP contribution in [0, 0.1) is 13.8 Å². The highest BCUT2D eigenvalue weighted by Gasteiger charge is 2.19. The molecule has 0 aliphatic heterocycles. The third-order valence-corrected chi connectivity index (χ3v) is 5.42. The zero-order valence-electron chi connectivity index (χ0n) is 17.9. The van der Waals surface area contributed by atoms with Crippen molar-refractivity contribution in [3.63, 3.8) is 0 Å². The highest BCUT2D eigenvalue weighted by molar-refractivity contribution is 6.08. The predicted octanol–water partition coefficient (Wildman–Crippen LogP) is 4.83. The number of esters is 1. The highest BCUT2D eigenvalue weighted by Crippen LogP contribution is 2.36. The Balaban J connectivity index is 1.50. The van der Waals surface area contributed by atoms with Crippen LogP contribution in [0.1, 0.15) is 28.7 Å². The summed E-state index contributed by atoms with van der Waals surface area (Å²) < 4.78 is 18.6. The van der Waals surface area contributed by atoms with E-state index in [0.717, 1.165) is 34.3 Å². The summed E-state index contributed by atoms with van der Waals surface area (Å²) in [4.78, 5) is 24.9. The molecule has 2 aromatic heterocycles. The van der Waals surface area contributed by atoms with Crippen LogP contribution in [0.25, 0.3) is 21.9 Å². The first-order valence-corrected chi connectivity index (χ1v) is 10.1. The Bertz CT molecular complexity index is 1300. The Hall–Kier alpha value is -3.74. The number of carbonyl (C=O) groups is 2. The third-order valence-electron chi connectivity index (χ3n) is 5.42. The fraction of sp³-hybridized carbons (Fsp3) is 0.250. The minimum atomic E-state index is -0.525. The number of hydrogen-bond donors (Lipinski definition) is 1. The molecule has 0 fully saturated rings. The minimum absolute atomic E-state index is 0.407. The van der Waals surface area contributed by atoms with E-state index in [0.29, 0.717) is 22.6 Å². The van der Waals surface area contributed by atoms with Gasteiger partial charge in [0.2, 0.25) is 0 Å². The fourth-order valence-electron chi connectivity index (χ4n) is 3.91. The lowest BCUT2D eigenvalue weighted by Crippen LogP contribution is -2.21. The molecule has 0 unspecified atom stereocenters. The standard InChI is InChI=1S/C24H24N2O5/c1-5-26-14(2)10-17(15(26)3)24(28)30-13-23(27)25-19-12-21-18(11-22(19)29-4)16-8-6-7-9-20(16)31-21/h6-12H,5,13H2,1-4H3,(H,25,27). The lowest BCUT2D eigenvalue weighted by Gasteiger charge is -2.11. The number of nitrogens with one attached hydrogen (secondary N) is 1.